The maximum Gasteiger partial charge on any atom is 0.255 e. The maximum atomic E-state index is 12.6. The van der Waals surface area contributed by atoms with Crippen molar-refractivity contribution in [1.82, 2.24) is 0 Å². The van der Waals surface area contributed by atoms with Gasteiger partial charge in [-0.2, -0.15) is 0 Å². The van der Waals surface area contributed by atoms with E-state index in [1.807, 2.05) is 6.92 Å². The predicted octanol–water partition coefficient (Wildman–Crippen LogP) is 4.02. The van der Waals surface area contributed by atoms with Gasteiger partial charge >= 0.3 is 0 Å². The van der Waals surface area contributed by atoms with E-state index in [2.05, 4.69) is 10.6 Å². The number of hydrogen-bond acceptors (Lipinski definition) is 3. The number of carbonyl (C=O) groups is 2. The summed E-state index contributed by atoms with van der Waals surface area (Å²) in [5.41, 5.74) is 3.35. The van der Waals surface area contributed by atoms with Crippen molar-refractivity contribution in [3.63, 3.8) is 0 Å². The van der Waals surface area contributed by atoms with Crippen LogP contribution in [0.5, 0.6) is 5.75 Å². The van der Waals surface area contributed by atoms with Crippen molar-refractivity contribution in [2.24, 2.45) is 0 Å². The molecule has 0 fully saturated rings. The van der Waals surface area contributed by atoms with E-state index in [1.54, 1.807) is 42.5 Å². The highest BCUT2D eigenvalue weighted by molar-refractivity contribution is 6.30. The minimum atomic E-state index is -0.256. The summed E-state index contributed by atoms with van der Waals surface area (Å²) in [5, 5.41) is 6.19. The first-order chi connectivity index (χ1) is 11.9. The van der Waals surface area contributed by atoms with Crippen LogP contribution in [-0.4, -0.2) is 18.4 Å². The lowest BCUT2D eigenvalue weighted by Gasteiger charge is -2.19. The Bertz CT molecular complexity index is 890. The molecule has 0 atom stereocenters. The molecule has 0 saturated carbocycles. The van der Waals surface area contributed by atoms with Crippen molar-refractivity contribution in [2.45, 2.75) is 13.8 Å². The van der Waals surface area contributed by atoms with Gasteiger partial charge < -0.3 is 15.4 Å². The second-order valence-corrected chi connectivity index (χ2v) is 6.19. The van der Waals surface area contributed by atoms with E-state index in [9.17, 15) is 9.59 Å². The summed E-state index contributed by atoms with van der Waals surface area (Å²) in [6, 6.07) is 10.6. The Kier molecular flexibility index (Phi) is 4.76. The number of ether oxygens (including phenoxy) is 1. The van der Waals surface area contributed by atoms with Crippen molar-refractivity contribution in [3.05, 3.63) is 58.1 Å². The monoisotopic (exact) mass is 356 g/mol. The van der Waals surface area contributed by atoms with E-state index in [-0.39, 0.29) is 18.4 Å². The predicted molar refractivity (Wildman–Crippen MR) is 99.0 cm³/mol. The Labute approximate surface area is 150 Å². The van der Waals surface area contributed by atoms with E-state index in [0.717, 1.165) is 11.1 Å². The zero-order chi connectivity index (χ0) is 18.0. The van der Waals surface area contributed by atoms with E-state index >= 15 is 0 Å². The van der Waals surface area contributed by atoms with Gasteiger partial charge in [0.1, 0.15) is 12.4 Å². The topological polar surface area (TPSA) is 67.4 Å². The van der Waals surface area contributed by atoms with Gasteiger partial charge in [0.15, 0.2) is 0 Å². The molecular weight excluding hydrogens is 340 g/mol. The van der Waals surface area contributed by atoms with Crippen molar-refractivity contribution >= 4 is 40.9 Å². The number of fused-ring (bicyclic) bond motifs is 1. The zero-order valence-electron chi connectivity index (χ0n) is 13.9. The molecule has 0 aromatic heterocycles. The number of amides is 2. The highest BCUT2D eigenvalue weighted by atomic mass is 35.5. The van der Waals surface area contributed by atoms with Crippen molar-refractivity contribution in [2.75, 3.05) is 17.2 Å². The molecule has 0 radical (unpaired) electrons. The van der Waals surface area contributed by atoms with E-state index in [0.29, 0.717) is 27.7 Å². The second-order valence-electron chi connectivity index (χ2n) is 5.75. The summed E-state index contributed by atoms with van der Waals surface area (Å²) in [6.45, 7) is 3.46. The summed E-state index contributed by atoms with van der Waals surface area (Å²) in [4.78, 5) is 23.8. The SMILES string of the molecule is CC(=O)Nc1cccc(NC(=O)C2=Cc3cc(Cl)ccc3OC2)c1C. The molecule has 0 saturated heterocycles. The van der Waals surface area contributed by atoms with Crippen LogP contribution in [0, 0.1) is 6.92 Å². The average molecular weight is 357 g/mol. The van der Waals surface area contributed by atoms with Gasteiger partial charge in [0.2, 0.25) is 5.91 Å². The number of nitrogens with one attached hydrogen (secondary N) is 2. The van der Waals surface area contributed by atoms with Gasteiger partial charge in [0.25, 0.3) is 5.91 Å². The molecule has 1 aliphatic heterocycles. The molecule has 2 aromatic carbocycles. The number of rotatable bonds is 3. The van der Waals surface area contributed by atoms with E-state index < -0.39 is 0 Å². The van der Waals surface area contributed by atoms with Gasteiger partial charge in [-0.1, -0.05) is 17.7 Å². The molecule has 25 heavy (non-hydrogen) atoms. The molecule has 2 amide bonds. The van der Waals surface area contributed by atoms with Crippen LogP contribution in [0.15, 0.2) is 42.0 Å². The summed E-state index contributed by atoms with van der Waals surface area (Å²) in [6.07, 6.45) is 1.77. The van der Waals surface area contributed by atoms with E-state index in [4.69, 9.17) is 16.3 Å². The molecule has 0 spiro atoms. The van der Waals surface area contributed by atoms with Crippen LogP contribution in [0.2, 0.25) is 5.02 Å². The summed E-state index contributed by atoms with van der Waals surface area (Å²) in [7, 11) is 0. The standard InChI is InChI=1S/C19H17ClN2O3/c1-11-16(21-12(2)23)4-3-5-17(11)22-19(24)14-8-13-9-15(20)6-7-18(13)25-10-14/h3-9H,10H2,1-2H3,(H,21,23)(H,22,24). The van der Waals surface area contributed by atoms with Crippen LogP contribution in [0.1, 0.15) is 18.1 Å². The first-order valence-corrected chi connectivity index (χ1v) is 8.13. The second kappa shape index (κ2) is 6.99. The Morgan fingerprint density at radius 2 is 1.84 bits per heavy atom. The number of carbonyl (C=O) groups excluding carboxylic acids is 2. The van der Waals surface area contributed by atoms with Crippen molar-refractivity contribution < 1.29 is 14.3 Å². The Hall–Kier alpha value is -2.79. The molecule has 0 unspecified atom stereocenters. The molecule has 2 aromatic rings. The summed E-state index contributed by atoms with van der Waals surface area (Å²) in [5.74, 6) is 0.280. The summed E-state index contributed by atoms with van der Waals surface area (Å²) >= 11 is 5.99. The van der Waals surface area contributed by atoms with Crippen LogP contribution in [0.25, 0.3) is 6.08 Å². The van der Waals surface area contributed by atoms with Crippen LogP contribution >= 0.6 is 11.6 Å². The third-order valence-electron chi connectivity index (χ3n) is 3.87. The van der Waals surface area contributed by atoms with Gasteiger partial charge in [0.05, 0.1) is 5.57 Å². The van der Waals surface area contributed by atoms with Crippen LogP contribution in [-0.2, 0) is 9.59 Å². The molecule has 1 aliphatic rings. The number of halogens is 1. The van der Waals surface area contributed by atoms with Gasteiger partial charge in [-0.3, -0.25) is 9.59 Å². The van der Waals surface area contributed by atoms with Crippen molar-refractivity contribution in [1.29, 1.82) is 0 Å². The first-order valence-electron chi connectivity index (χ1n) is 7.75. The number of benzene rings is 2. The molecule has 5 nitrogen and oxygen atoms in total. The average Bonchev–Trinajstić information content (AvgIpc) is 2.57. The maximum absolute atomic E-state index is 12.6. The number of hydrogen-bond donors (Lipinski definition) is 2. The minimum absolute atomic E-state index is 0.163. The minimum Gasteiger partial charge on any atom is -0.488 e. The quantitative estimate of drug-likeness (QED) is 0.872. The third-order valence-corrected chi connectivity index (χ3v) is 4.10. The van der Waals surface area contributed by atoms with Crippen LogP contribution < -0.4 is 15.4 Å². The van der Waals surface area contributed by atoms with Crippen molar-refractivity contribution in [3.8, 4) is 5.75 Å². The molecular formula is C19H17ClN2O3. The molecule has 3 rings (SSSR count). The van der Waals surface area contributed by atoms with Gasteiger partial charge in [0, 0.05) is 28.9 Å². The number of anilines is 2. The highest BCUT2D eigenvalue weighted by Gasteiger charge is 2.18. The Morgan fingerprint density at radius 3 is 2.56 bits per heavy atom. The van der Waals surface area contributed by atoms with Gasteiger partial charge in [-0.25, -0.2) is 0 Å². The van der Waals surface area contributed by atoms with Gasteiger partial charge in [-0.05, 0) is 48.9 Å². The normalized spacial score (nSPS) is 12.5. The fourth-order valence-corrected chi connectivity index (χ4v) is 2.76. The zero-order valence-corrected chi connectivity index (χ0v) is 14.6. The lowest BCUT2D eigenvalue weighted by atomic mass is 10.1. The first kappa shape index (κ1) is 17.0. The molecule has 0 aliphatic carbocycles. The largest absolute Gasteiger partial charge is 0.488 e. The fourth-order valence-electron chi connectivity index (χ4n) is 2.58. The van der Waals surface area contributed by atoms with Crippen LogP contribution in [0.4, 0.5) is 11.4 Å². The Balaban J connectivity index is 1.82. The smallest absolute Gasteiger partial charge is 0.255 e. The molecule has 1 heterocycles. The molecule has 128 valence electrons. The van der Waals surface area contributed by atoms with Crippen LogP contribution in [0.3, 0.4) is 0 Å². The molecule has 0 bridgehead atoms. The highest BCUT2D eigenvalue weighted by Crippen LogP contribution is 2.30. The molecule has 6 heteroatoms. The lowest BCUT2D eigenvalue weighted by molar-refractivity contribution is -0.114. The lowest BCUT2D eigenvalue weighted by Crippen LogP contribution is -2.22. The Morgan fingerprint density at radius 1 is 1.12 bits per heavy atom. The fraction of sp³-hybridized carbons (Fsp3) is 0.158. The summed E-state index contributed by atoms with van der Waals surface area (Å²) < 4.78 is 5.61. The van der Waals surface area contributed by atoms with E-state index in [1.165, 1.54) is 6.92 Å². The van der Waals surface area contributed by atoms with Gasteiger partial charge in [-0.15, -0.1) is 0 Å². The third kappa shape index (κ3) is 3.83. The molecule has 2 N–H and O–H groups in total.